The summed E-state index contributed by atoms with van der Waals surface area (Å²) in [7, 11) is -3.94. The molecular formula is C21H30F2O5S2. The first-order valence-electron chi connectivity index (χ1n) is 10.8. The summed E-state index contributed by atoms with van der Waals surface area (Å²) < 4.78 is 57.6. The van der Waals surface area contributed by atoms with Crippen LogP contribution in [0, 0.1) is 35.0 Å². The van der Waals surface area contributed by atoms with Crippen LogP contribution in [-0.4, -0.2) is 41.6 Å². The molecule has 30 heavy (non-hydrogen) atoms. The summed E-state index contributed by atoms with van der Waals surface area (Å²) in [6, 6.07) is 0. The molecule has 0 heterocycles. The zero-order valence-electron chi connectivity index (χ0n) is 17.1. The van der Waals surface area contributed by atoms with E-state index in [0.29, 0.717) is 35.0 Å². The van der Waals surface area contributed by atoms with Gasteiger partial charge in [0.1, 0.15) is 11.4 Å². The molecule has 0 saturated heterocycles. The van der Waals surface area contributed by atoms with Crippen LogP contribution in [0.3, 0.4) is 0 Å². The molecule has 4 rings (SSSR count). The minimum Gasteiger partial charge on any atom is -0.384 e. The highest BCUT2D eigenvalue weighted by Gasteiger charge is 2.58. The third kappa shape index (κ3) is 3.88. The molecule has 0 aromatic rings. The van der Waals surface area contributed by atoms with Crippen LogP contribution >= 0.6 is 10.8 Å². The van der Waals surface area contributed by atoms with Crippen LogP contribution in [0.5, 0.6) is 0 Å². The Bertz CT molecular complexity index is 844. The number of carbonyl (C=O) groups is 1. The Morgan fingerprint density at radius 2 is 1.97 bits per heavy atom. The second-order valence-electron chi connectivity index (χ2n) is 10.0. The molecule has 7 atom stereocenters. The molecule has 0 unspecified atom stereocenters. The lowest BCUT2D eigenvalue weighted by Gasteiger charge is -2.54. The molecule has 0 spiro atoms. The van der Waals surface area contributed by atoms with E-state index < -0.39 is 21.2 Å². The summed E-state index contributed by atoms with van der Waals surface area (Å²) in [6.45, 7) is 2.15. The number of ketones is 1. The molecule has 0 aliphatic heterocycles. The van der Waals surface area contributed by atoms with E-state index in [9.17, 15) is 27.1 Å². The van der Waals surface area contributed by atoms with Gasteiger partial charge in [-0.05, 0) is 74.0 Å². The number of hydrogen-bond acceptors (Lipinski definition) is 5. The SMILES string of the molecule is C[C@]12CC[C@H]3[C@@H](CC=C4C[C@](O)(C(F)F)CC[C@@H]43)[C@@H]1CC[C@@H]2C(=O)CSS(=O)(=O)O. The fourth-order valence-corrected chi connectivity index (χ4v) is 8.53. The number of halogens is 2. The highest BCUT2D eigenvalue weighted by Crippen LogP contribution is 2.64. The van der Waals surface area contributed by atoms with Crippen molar-refractivity contribution < 1.29 is 31.7 Å². The third-order valence-corrected chi connectivity index (χ3v) is 10.6. The highest BCUT2D eigenvalue weighted by atomic mass is 33.1. The van der Waals surface area contributed by atoms with Crippen LogP contribution in [-0.2, 0) is 13.9 Å². The zero-order chi connectivity index (χ0) is 21.9. The Morgan fingerprint density at radius 3 is 2.63 bits per heavy atom. The second-order valence-corrected chi connectivity index (χ2v) is 13.4. The molecule has 5 nitrogen and oxygen atoms in total. The lowest BCUT2D eigenvalue weighted by atomic mass is 9.51. The largest absolute Gasteiger partial charge is 0.384 e. The van der Waals surface area contributed by atoms with Crippen molar-refractivity contribution in [3.05, 3.63) is 11.6 Å². The summed E-state index contributed by atoms with van der Waals surface area (Å²) in [5, 5.41) is 10.3. The summed E-state index contributed by atoms with van der Waals surface area (Å²) in [6.07, 6.45) is 4.39. The van der Waals surface area contributed by atoms with Crippen molar-refractivity contribution in [2.24, 2.45) is 35.0 Å². The van der Waals surface area contributed by atoms with Gasteiger partial charge >= 0.3 is 9.15 Å². The van der Waals surface area contributed by atoms with Crippen LogP contribution in [0.1, 0.15) is 58.3 Å². The van der Waals surface area contributed by atoms with E-state index in [-0.39, 0.29) is 41.6 Å². The molecule has 170 valence electrons. The number of allylic oxidation sites excluding steroid dienone is 1. The Morgan fingerprint density at radius 1 is 1.23 bits per heavy atom. The summed E-state index contributed by atoms with van der Waals surface area (Å²) in [5.41, 5.74) is -1.08. The van der Waals surface area contributed by atoms with Gasteiger partial charge < -0.3 is 5.11 Å². The van der Waals surface area contributed by atoms with Gasteiger partial charge in [-0.25, -0.2) is 8.78 Å². The summed E-state index contributed by atoms with van der Waals surface area (Å²) in [4.78, 5) is 12.8. The van der Waals surface area contributed by atoms with Gasteiger partial charge in [0.15, 0.2) is 0 Å². The van der Waals surface area contributed by atoms with Crippen molar-refractivity contribution in [1.82, 2.24) is 0 Å². The molecule has 0 bridgehead atoms. The molecule has 0 aromatic carbocycles. The number of hydrogen-bond donors (Lipinski definition) is 2. The van der Waals surface area contributed by atoms with E-state index in [0.717, 1.165) is 37.7 Å². The van der Waals surface area contributed by atoms with E-state index in [4.69, 9.17) is 4.55 Å². The van der Waals surface area contributed by atoms with E-state index in [1.54, 1.807) is 0 Å². The highest BCUT2D eigenvalue weighted by molar-refractivity contribution is 8.70. The van der Waals surface area contributed by atoms with Crippen LogP contribution in [0.15, 0.2) is 11.6 Å². The van der Waals surface area contributed by atoms with Gasteiger partial charge in [0.2, 0.25) is 0 Å². The van der Waals surface area contributed by atoms with Crippen LogP contribution in [0.2, 0.25) is 0 Å². The van der Waals surface area contributed by atoms with Crippen LogP contribution in [0.4, 0.5) is 8.78 Å². The zero-order valence-corrected chi connectivity index (χ0v) is 18.7. The Balaban J connectivity index is 1.50. The van der Waals surface area contributed by atoms with Crippen LogP contribution in [0.25, 0.3) is 0 Å². The summed E-state index contributed by atoms with van der Waals surface area (Å²) in [5.74, 6) is 0.894. The first kappa shape index (κ1) is 22.7. The minimum absolute atomic E-state index is 0.0639. The molecule has 0 amide bonds. The third-order valence-electron chi connectivity index (χ3n) is 8.68. The smallest absolute Gasteiger partial charge is 0.320 e. The van der Waals surface area contributed by atoms with E-state index in [1.807, 2.05) is 0 Å². The quantitative estimate of drug-likeness (QED) is 0.359. The fraction of sp³-hybridized carbons (Fsp3) is 0.857. The lowest BCUT2D eigenvalue weighted by Crippen LogP contribution is -2.50. The van der Waals surface area contributed by atoms with E-state index in [1.165, 1.54) is 0 Å². The van der Waals surface area contributed by atoms with Crippen molar-refractivity contribution in [1.29, 1.82) is 0 Å². The minimum atomic E-state index is -4.23. The standard InChI is InChI=1S/C21H30F2O5S2/c1-20-8-6-14-13-7-9-21(25,19(22)23)10-12(13)2-3-15(14)16(20)4-5-17(20)18(24)11-29-30(26,27)28/h2,13-17,19,25H,3-11H2,1H3,(H,26,27,28)/t13-,14+,15+,16-,17+,20-,21-/m0/s1. The maximum absolute atomic E-state index is 13.3. The molecule has 3 fully saturated rings. The first-order valence-corrected chi connectivity index (χ1v) is 13.7. The van der Waals surface area contributed by atoms with Gasteiger partial charge in [-0.15, -0.1) is 0 Å². The van der Waals surface area contributed by atoms with Crippen molar-refractivity contribution in [2.75, 3.05) is 5.75 Å². The molecule has 3 saturated carbocycles. The van der Waals surface area contributed by atoms with Crippen molar-refractivity contribution in [2.45, 2.75) is 70.3 Å². The molecule has 0 aromatic heterocycles. The van der Waals surface area contributed by atoms with E-state index in [2.05, 4.69) is 13.0 Å². The number of Topliss-reactive ketones (excluding diaryl/α,β-unsaturated/α-hetero) is 1. The van der Waals surface area contributed by atoms with Crippen LogP contribution < -0.4 is 0 Å². The Labute approximate surface area is 180 Å². The van der Waals surface area contributed by atoms with Gasteiger partial charge in [-0.1, -0.05) is 18.6 Å². The predicted molar refractivity (Wildman–Crippen MR) is 111 cm³/mol. The molecule has 4 aliphatic rings. The summed E-state index contributed by atoms with van der Waals surface area (Å²) >= 11 is 0. The maximum atomic E-state index is 13.3. The van der Waals surface area contributed by atoms with Gasteiger partial charge in [-0.3, -0.25) is 9.35 Å². The average molecular weight is 465 g/mol. The number of rotatable bonds is 5. The fourth-order valence-electron chi connectivity index (χ4n) is 7.27. The molecular weight excluding hydrogens is 434 g/mol. The van der Waals surface area contributed by atoms with Gasteiger partial charge in [0, 0.05) is 23.1 Å². The predicted octanol–water partition coefficient (Wildman–Crippen LogP) is 4.28. The molecule has 0 radical (unpaired) electrons. The van der Waals surface area contributed by atoms with Gasteiger partial charge in [0.05, 0.1) is 5.75 Å². The number of aliphatic hydroxyl groups is 1. The average Bonchev–Trinajstić information content (AvgIpc) is 3.02. The first-order chi connectivity index (χ1) is 13.9. The van der Waals surface area contributed by atoms with Gasteiger partial charge in [0.25, 0.3) is 6.43 Å². The topological polar surface area (TPSA) is 91.7 Å². The number of fused-ring (bicyclic) bond motifs is 5. The van der Waals surface area contributed by atoms with E-state index >= 15 is 0 Å². The molecule has 9 heteroatoms. The molecule has 2 N–H and O–H groups in total. The number of alkyl halides is 2. The Hall–Kier alpha value is -0.510. The Kier molecular flexibility index (Phi) is 5.91. The normalized spacial score (nSPS) is 43.5. The molecule has 4 aliphatic carbocycles. The second kappa shape index (κ2) is 7.81. The maximum Gasteiger partial charge on any atom is 0.320 e. The monoisotopic (exact) mass is 464 g/mol. The number of carbonyl (C=O) groups excluding carboxylic acids is 1. The van der Waals surface area contributed by atoms with Crippen molar-refractivity contribution in [3.8, 4) is 0 Å². The lowest BCUT2D eigenvalue weighted by molar-refractivity contribution is -0.128. The van der Waals surface area contributed by atoms with Crippen molar-refractivity contribution in [3.63, 3.8) is 0 Å². The van der Waals surface area contributed by atoms with Crippen molar-refractivity contribution >= 4 is 25.7 Å². The van der Waals surface area contributed by atoms with Gasteiger partial charge in [-0.2, -0.15) is 8.42 Å².